The highest BCUT2D eigenvalue weighted by atomic mass is 79.9. The lowest BCUT2D eigenvalue weighted by Crippen LogP contribution is -2.13. The Kier molecular flexibility index (Phi) is 2.14. The summed E-state index contributed by atoms with van der Waals surface area (Å²) in [4.78, 5) is 0. The third kappa shape index (κ3) is 1.35. The molecular weight excluding hydrogens is 203 g/mol. The molecule has 0 aliphatic carbocycles. The lowest BCUT2D eigenvalue weighted by Gasteiger charge is -2.09. The van der Waals surface area contributed by atoms with Gasteiger partial charge in [0, 0.05) is 4.47 Å². The molecule has 1 rings (SSSR count). The molecule has 2 nitrogen and oxygen atoms in total. The van der Waals surface area contributed by atoms with Gasteiger partial charge in [-0.05, 0) is 18.6 Å². The van der Waals surface area contributed by atoms with Gasteiger partial charge in [-0.2, -0.15) is 0 Å². The van der Waals surface area contributed by atoms with Gasteiger partial charge in [0.1, 0.15) is 7.85 Å². The van der Waals surface area contributed by atoms with Gasteiger partial charge < -0.3 is 11.5 Å². The number of hydrogen-bond acceptors (Lipinski definition) is 2. The van der Waals surface area contributed by atoms with E-state index in [2.05, 4.69) is 15.9 Å². The van der Waals surface area contributed by atoms with Gasteiger partial charge in [-0.25, -0.2) is 0 Å². The van der Waals surface area contributed by atoms with Crippen molar-refractivity contribution < 1.29 is 0 Å². The van der Waals surface area contributed by atoms with Crippen molar-refractivity contribution in [1.82, 2.24) is 0 Å². The summed E-state index contributed by atoms with van der Waals surface area (Å²) in [7, 11) is 5.67. The van der Waals surface area contributed by atoms with Crippen LogP contribution >= 0.6 is 15.9 Å². The van der Waals surface area contributed by atoms with Gasteiger partial charge in [0.15, 0.2) is 0 Å². The molecule has 4 heteroatoms. The molecule has 0 atom stereocenters. The predicted molar refractivity (Wildman–Crippen MR) is 53.1 cm³/mol. The first-order valence-corrected chi connectivity index (χ1v) is 3.93. The van der Waals surface area contributed by atoms with E-state index in [1.807, 2.05) is 6.92 Å². The van der Waals surface area contributed by atoms with E-state index in [4.69, 9.17) is 19.3 Å². The van der Waals surface area contributed by atoms with Crippen LogP contribution in [0.3, 0.4) is 0 Å². The van der Waals surface area contributed by atoms with Crippen LogP contribution in [-0.2, 0) is 0 Å². The van der Waals surface area contributed by atoms with Crippen LogP contribution < -0.4 is 16.9 Å². The fourth-order valence-electron chi connectivity index (χ4n) is 0.833. The summed E-state index contributed by atoms with van der Waals surface area (Å²) in [5.41, 5.74) is 13.8. The maximum Gasteiger partial charge on any atom is 0.115 e. The van der Waals surface area contributed by atoms with Gasteiger partial charge in [-0.3, -0.25) is 0 Å². The molecule has 56 valence electrons. The molecule has 1 aromatic rings. The maximum absolute atomic E-state index is 5.67. The zero-order valence-electron chi connectivity index (χ0n) is 6.19. The van der Waals surface area contributed by atoms with Crippen LogP contribution in [0.1, 0.15) is 5.56 Å². The molecule has 0 unspecified atom stereocenters. The van der Waals surface area contributed by atoms with Crippen molar-refractivity contribution in [2.45, 2.75) is 6.92 Å². The van der Waals surface area contributed by atoms with Gasteiger partial charge >= 0.3 is 0 Å². The first kappa shape index (κ1) is 8.46. The van der Waals surface area contributed by atoms with Crippen LogP contribution in [0.15, 0.2) is 10.5 Å². The Morgan fingerprint density at radius 2 is 2.00 bits per heavy atom. The first-order chi connectivity index (χ1) is 5.04. The van der Waals surface area contributed by atoms with E-state index in [0.717, 1.165) is 10.0 Å². The van der Waals surface area contributed by atoms with Gasteiger partial charge in [0.2, 0.25) is 0 Å². The monoisotopic (exact) mass is 210 g/mol. The number of nitrogens with two attached hydrogens (primary N) is 2. The smallest absolute Gasteiger partial charge is 0.115 e. The Morgan fingerprint density at radius 1 is 1.45 bits per heavy atom. The third-order valence-corrected chi connectivity index (χ3v) is 2.31. The van der Waals surface area contributed by atoms with Crippen molar-refractivity contribution in [3.63, 3.8) is 0 Å². The third-order valence-electron chi connectivity index (χ3n) is 1.66. The van der Waals surface area contributed by atoms with Crippen molar-refractivity contribution in [3.05, 3.63) is 16.1 Å². The summed E-state index contributed by atoms with van der Waals surface area (Å²) in [6, 6.07) is 1.71. The molecule has 0 amide bonds. The number of hydrogen-bond donors (Lipinski definition) is 2. The Hall–Kier alpha value is -0.635. The highest BCUT2D eigenvalue weighted by Crippen LogP contribution is 2.21. The highest BCUT2D eigenvalue weighted by Gasteiger charge is 2.04. The Labute approximate surface area is 75.5 Å². The van der Waals surface area contributed by atoms with Gasteiger partial charge in [-0.15, -0.1) is 0 Å². The summed E-state index contributed by atoms with van der Waals surface area (Å²) in [5.74, 6) is 0. The van der Waals surface area contributed by atoms with Gasteiger partial charge in [-0.1, -0.05) is 21.4 Å². The van der Waals surface area contributed by atoms with E-state index in [1.54, 1.807) is 6.07 Å². The van der Waals surface area contributed by atoms with E-state index in [-0.39, 0.29) is 0 Å². The molecule has 0 fully saturated rings. The number of rotatable bonds is 0. The normalized spacial score (nSPS) is 10.0. The summed E-state index contributed by atoms with van der Waals surface area (Å²) >= 11 is 3.27. The predicted octanol–water partition coefficient (Wildman–Crippen LogP) is 0.716. The minimum Gasteiger partial charge on any atom is -0.397 e. The topological polar surface area (TPSA) is 52.0 Å². The van der Waals surface area contributed by atoms with Crippen LogP contribution in [0.2, 0.25) is 0 Å². The standard InChI is InChI=1S/C7H8BBrN2/c1-3-6(8)4(9)2-5(10)7(3)11/h2H,10-11H2,1H3. The lowest BCUT2D eigenvalue weighted by atomic mass is 9.90. The summed E-state index contributed by atoms with van der Waals surface area (Å²) < 4.78 is 0.793. The zero-order chi connectivity index (χ0) is 8.59. The number of nitrogen functional groups attached to an aromatic ring is 2. The largest absolute Gasteiger partial charge is 0.397 e. The van der Waals surface area contributed by atoms with Crippen LogP contribution in [0.4, 0.5) is 11.4 Å². The molecule has 0 spiro atoms. The molecule has 2 radical (unpaired) electrons. The van der Waals surface area contributed by atoms with Crippen molar-refractivity contribution in [2.24, 2.45) is 0 Å². The molecule has 1 aromatic carbocycles. The van der Waals surface area contributed by atoms with Crippen LogP contribution in [0.5, 0.6) is 0 Å². The maximum atomic E-state index is 5.67. The first-order valence-electron chi connectivity index (χ1n) is 3.13. The number of anilines is 2. The van der Waals surface area contributed by atoms with Crippen molar-refractivity contribution in [3.8, 4) is 0 Å². The van der Waals surface area contributed by atoms with Gasteiger partial charge in [0.05, 0.1) is 11.4 Å². The molecule has 0 bridgehead atoms. The number of benzene rings is 1. The molecule has 0 heterocycles. The second kappa shape index (κ2) is 2.78. The Bertz CT molecular complexity index is 273. The fraction of sp³-hybridized carbons (Fsp3) is 0.143. The Balaban J connectivity index is 3.46. The molecule has 4 N–H and O–H groups in total. The summed E-state index contributed by atoms with van der Waals surface area (Å²) in [5, 5.41) is 0. The van der Waals surface area contributed by atoms with E-state index in [9.17, 15) is 0 Å². The summed E-state index contributed by atoms with van der Waals surface area (Å²) in [6.07, 6.45) is 0. The average molecular weight is 211 g/mol. The number of halogens is 1. The van der Waals surface area contributed by atoms with Crippen molar-refractivity contribution >= 4 is 40.6 Å². The van der Waals surface area contributed by atoms with Crippen LogP contribution in [0.25, 0.3) is 0 Å². The molecule has 0 aliphatic rings. The SMILES string of the molecule is [B]c1c(Br)cc(N)c(N)c1C. The van der Waals surface area contributed by atoms with E-state index < -0.39 is 0 Å². The molecule has 0 saturated heterocycles. The second-order valence-corrected chi connectivity index (χ2v) is 3.25. The molecule has 0 saturated carbocycles. The van der Waals surface area contributed by atoms with Crippen molar-refractivity contribution in [2.75, 3.05) is 11.5 Å². The highest BCUT2D eigenvalue weighted by molar-refractivity contribution is 9.10. The Morgan fingerprint density at radius 3 is 2.55 bits per heavy atom. The summed E-state index contributed by atoms with van der Waals surface area (Å²) in [6.45, 7) is 1.84. The fourth-order valence-corrected chi connectivity index (χ4v) is 1.38. The molecular formula is C7H8BBrN2. The quantitative estimate of drug-likeness (QED) is 0.490. The van der Waals surface area contributed by atoms with E-state index >= 15 is 0 Å². The van der Waals surface area contributed by atoms with Gasteiger partial charge in [0.25, 0.3) is 0 Å². The molecule has 11 heavy (non-hydrogen) atoms. The van der Waals surface area contributed by atoms with E-state index in [0.29, 0.717) is 16.8 Å². The van der Waals surface area contributed by atoms with Crippen LogP contribution in [-0.4, -0.2) is 7.85 Å². The molecule has 0 aliphatic heterocycles. The zero-order valence-corrected chi connectivity index (χ0v) is 7.77. The van der Waals surface area contributed by atoms with Crippen LogP contribution in [0, 0.1) is 6.92 Å². The van der Waals surface area contributed by atoms with E-state index in [1.165, 1.54) is 0 Å². The van der Waals surface area contributed by atoms with Crippen molar-refractivity contribution in [1.29, 1.82) is 0 Å². The second-order valence-electron chi connectivity index (χ2n) is 2.40. The lowest BCUT2D eigenvalue weighted by molar-refractivity contribution is 1.49. The molecule has 0 aromatic heterocycles. The minimum absolute atomic E-state index is 0.559. The minimum atomic E-state index is 0.559. The average Bonchev–Trinajstić information content (AvgIpc) is 1.97.